The molecule has 0 bridgehead atoms. The Morgan fingerprint density at radius 1 is 1.00 bits per heavy atom. The molecule has 0 spiro atoms. The molecule has 2 atom stereocenters. The molecule has 1 N–H and O–H groups in total. The summed E-state index contributed by atoms with van der Waals surface area (Å²) in [6.45, 7) is 0. The van der Waals surface area contributed by atoms with Gasteiger partial charge < -0.3 is 10.0 Å². The molecular weight excluding hydrogens is 218 g/mol. The maximum absolute atomic E-state index is 12.2. The second-order valence-electron chi connectivity index (χ2n) is 5.37. The number of carboxylic acids is 1. The van der Waals surface area contributed by atoms with Gasteiger partial charge in [0.1, 0.15) is 0 Å². The molecule has 17 heavy (non-hydrogen) atoms. The normalized spacial score (nSPS) is 29.5. The maximum Gasteiger partial charge on any atom is 0.307 e. The number of carboxylic acid groups (broad SMARTS) is 1. The van der Waals surface area contributed by atoms with Crippen LogP contribution in [0, 0.1) is 11.8 Å². The quantitative estimate of drug-likeness (QED) is 0.818. The smallest absolute Gasteiger partial charge is 0.307 e. The van der Waals surface area contributed by atoms with E-state index < -0.39 is 11.9 Å². The fourth-order valence-corrected chi connectivity index (χ4v) is 3.00. The van der Waals surface area contributed by atoms with E-state index >= 15 is 0 Å². The van der Waals surface area contributed by atoms with Gasteiger partial charge in [-0.25, -0.2) is 0 Å². The highest BCUT2D eigenvalue weighted by Crippen LogP contribution is 2.36. The molecule has 4 nitrogen and oxygen atoms in total. The van der Waals surface area contributed by atoms with Gasteiger partial charge in [-0.1, -0.05) is 19.3 Å². The Balaban J connectivity index is 1.92. The molecule has 0 aromatic carbocycles. The summed E-state index contributed by atoms with van der Waals surface area (Å²) in [4.78, 5) is 24.9. The second kappa shape index (κ2) is 5.07. The summed E-state index contributed by atoms with van der Waals surface area (Å²) in [5.74, 6) is -1.46. The second-order valence-corrected chi connectivity index (χ2v) is 5.37. The van der Waals surface area contributed by atoms with Crippen LogP contribution in [0.2, 0.25) is 0 Å². The van der Waals surface area contributed by atoms with Crippen molar-refractivity contribution < 1.29 is 14.7 Å². The summed E-state index contributed by atoms with van der Waals surface area (Å²) in [7, 11) is 1.84. The maximum atomic E-state index is 12.2. The fourth-order valence-electron chi connectivity index (χ4n) is 3.00. The van der Waals surface area contributed by atoms with Crippen LogP contribution in [0.5, 0.6) is 0 Å². The zero-order valence-corrected chi connectivity index (χ0v) is 10.4. The highest BCUT2D eigenvalue weighted by Gasteiger charge is 2.43. The number of carbonyl (C=O) groups excluding carboxylic acids is 1. The number of carbonyl (C=O) groups is 2. The molecule has 2 fully saturated rings. The van der Waals surface area contributed by atoms with E-state index in [1.165, 1.54) is 19.3 Å². The van der Waals surface area contributed by atoms with Gasteiger partial charge in [-0.15, -0.1) is 0 Å². The van der Waals surface area contributed by atoms with Gasteiger partial charge in [-0.2, -0.15) is 0 Å². The Hall–Kier alpha value is -1.06. The molecule has 0 aromatic heterocycles. The molecule has 2 unspecified atom stereocenters. The highest BCUT2D eigenvalue weighted by molar-refractivity contribution is 5.86. The van der Waals surface area contributed by atoms with Crippen molar-refractivity contribution in [3.05, 3.63) is 0 Å². The fraction of sp³-hybridized carbons (Fsp3) is 0.846. The third-order valence-corrected chi connectivity index (χ3v) is 4.38. The lowest BCUT2D eigenvalue weighted by atomic mass is 9.72. The largest absolute Gasteiger partial charge is 0.481 e. The van der Waals surface area contributed by atoms with E-state index in [9.17, 15) is 9.59 Å². The van der Waals surface area contributed by atoms with Crippen LogP contribution in [0.25, 0.3) is 0 Å². The first kappa shape index (κ1) is 12.4. The van der Waals surface area contributed by atoms with Crippen molar-refractivity contribution >= 4 is 11.9 Å². The van der Waals surface area contributed by atoms with Crippen molar-refractivity contribution in [3.8, 4) is 0 Å². The highest BCUT2D eigenvalue weighted by atomic mass is 16.4. The molecular formula is C13H21NO3. The number of amides is 1. The van der Waals surface area contributed by atoms with Crippen LogP contribution < -0.4 is 0 Å². The average molecular weight is 239 g/mol. The van der Waals surface area contributed by atoms with E-state index in [1.54, 1.807) is 0 Å². The third kappa shape index (κ3) is 2.45. The van der Waals surface area contributed by atoms with E-state index in [0.717, 1.165) is 19.3 Å². The molecule has 0 heterocycles. The van der Waals surface area contributed by atoms with Crippen molar-refractivity contribution in [2.75, 3.05) is 7.05 Å². The summed E-state index contributed by atoms with van der Waals surface area (Å²) in [5, 5.41) is 8.97. The Morgan fingerprint density at radius 3 is 2.06 bits per heavy atom. The standard InChI is InChI=1S/C13H21NO3/c1-14(9-5-3-2-4-6-9)12(15)10-7-8-11(10)13(16)17/h9-11H,2-8H2,1H3,(H,16,17). The van der Waals surface area contributed by atoms with E-state index in [0.29, 0.717) is 12.5 Å². The van der Waals surface area contributed by atoms with Crippen LogP contribution in [-0.2, 0) is 9.59 Å². The Labute approximate surface area is 102 Å². The molecule has 0 aromatic rings. The van der Waals surface area contributed by atoms with Crippen LogP contribution in [-0.4, -0.2) is 35.0 Å². The molecule has 0 radical (unpaired) electrons. The molecule has 4 heteroatoms. The number of rotatable bonds is 3. The van der Waals surface area contributed by atoms with Crippen molar-refractivity contribution in [2.24, 2.45) is 11.8 Å². The van der Waals surface area contributed by atoms with Crippen molar-refractivity contribution in [1.82, 2.24) is 4.90 Å². The SMILES string of the molecule is CN(C(=O)C1CCC1C(=O)O)C1CCCCC1. The zero-order valence-electron chi connectivity index (χ0n) is 10.4. The summed E-state index contributed by atoms with van der Waals surface area (Å²) < 4.78 is 0. The zero-order chi connectivity index (χ0) is 12.4. The lowest BCUT2D eigenvalue weighted by molar-refractivity contribution is -0.157. The lowest BCUT2D eigenvalue weighted by Crippen LogP contribution is -2.48. The Bertz CT molecular complexity index is 310. The van der Waals surface area contributed by atoms with Crippen LogP contribution >= 0.6 is 0 Å². The molecule has 0 saturated heterocycles. The number of aliphatic carboxylic acids is 1. The van der Waals surface area contributed by atoms with E-state index in [-0.39, 0.29) is 11.8 Å². The summed E-state index contributed by atoms with van der Waals surface area (Å²) in [6, 6.07) is 0.339. The van der Waals surface area contributed by atoms with E-state index in [2.05, 4.69) is 0 Å². The number of nitrogens with zero attached hydrogens (tertiary/aromatic N) is 1. The Morgan fingerprint density at radius 2 is 1.59 bits per heavy atom. The van der Waals surface area contributed by atoms with Crippen molar-refractivity contribution in [1.29, 1.82) is 0 Å². The van der Waals surface area contributed by atoms with Crippen LogP contribution in [0.1, 0.15) is 44.9 Å². The Kier molecular flexibility index (Phi) is 3.69. The molecule has 2 rings (SSSR count). The summed E-state index contributed by atoms with van der Waals surface area (Å²) in [6.07, 6.45) is 7.20. The number of hydrogen-bond donors (Lipinski definition) is 1. The molecule has 2 aliphatic rings. The third-order valence-electron chi connectivity index (χ3n) is 4.38. The molecule has 2 aliphatic carbocycles. The average Bonchev–Trinajstić information content (AvgIpc) is 2.27. The summed E-state index contributed by atoms with van der Waals surface area (Å²) >= 11 is 0. The van der Waals surface area contributed by atoms with Gasteiger partial charge in [-0.05, 0) is 25.7 Å². The van der Waals surface area contributed by atoms with Gasteiger partial charge in [0.05, 0.1) is 11.8 Å². The molecule has 2 saturated carbocycles. The minimum Gasteiger partial charge on any atom is -0.481 e. The minimum atomic E-state index is -0.813. The topological polar surface area (TPSA) is 57.6 Å². The van der Waals surface area contributed by atoms with Crippen LogP contribution in [0.4, 0.5) is 0 Å². The van der Waals surface area contributed by atoms with E-state index in [1.807, 2.05) is 11.9 Å². The van der Waals surface area contributed by atoms with Gasteiger partial charge in [0.2, 0.25) is 5.91 Å². The first-order valence-corrected chi connectivity index (χ1v) is 6.60. The van der Waals surface area contributed by atoms with Gasteiger partial charge in [0.15, 0.2) is 0 Å². The van der Waals surface area contributed by atoms with E-state index in [4.69, 9.17) is 5.11 Å². The molecule has 1 amide bonds. The first-order chi connectivity index (χ1) is 8.11. The monoisotopic (exact) mass is 239 g/mol. The van der Waals surface area contributed by atoms with Crippen LogP contribution in [0.3, 0.4) is 0 Å². The van der Waals surface area contributed by atoms with Crippen LogP contribution in [0.15, 0.2) is 0 Å². The minimum absolute atomic E-state index is 0.0514. The lowest BCUT2D eigenvalue weighted by Gasteiger charge is -2.39. The van der Waals surface area contributed by atoms with Crippen molar-refractivity contribution in [2.45, 2.75) is 51.0 Å². The van der Waals surface area contributed by atoms with Crippen molar-refractivity contribution in [3.63, 3.8) is 0 Å². The van der Waals surface area contributed by atoms with Gasteiger partial charge in [0, 0.05) is 13.1 Å². The predicted octanol–water partition coefficient (Wildman–Crippen LogP) is 1.89. The number of hydrogen-bond acceptors (Lipinski definition) is 2. The summed E-state index contributed by atoms with van der Waals surface area (Å²) in [5.41, 5.74) is 0. The van der Waals surface area contributed by atoms with Gasteiger partial charge >= 0.3 is 5.97 Å². The molecule has 96 valence electrons. The predicted molar refractivity (Wildman–Crippen MR) is 63.5 cm³/mol. The van der Waals surface area contributed by atoms with Gasteiger partial charge in [-0.3, -0.25) is 9.59 Å². The molecule has 0 aliphatic heterocycles. The first-order valence-electron chi connectivity index (χ1n) is 6.60. The van der Waals surface area contributed by atoms with Gasteiger partial charge in [0.25, 0.3) is 0 Å².